The first-order valence-corrected chi connectivity index (χ1v) is 7.74. The fourth-order valence-corrected chi connectivity index (χ4v) is 3.62. The Labute approximate surface area is 116 Å². The highest BCUT2D eigenvalue weighted by Gasteiger charge is 2.29. The molecule has 1 fully saturated rings. The molecule has 1 saturated carbocycles. The van der Waals surface area contributed by atoms with Gasteiger partial charge in [-0.15, -0.1) is 0 Å². The van der Waals surface area contributed by atoms with Gasteiger partial charge in [0, 0.05) is 12.5 Å². The molecule has 1 aromatic rings. The first kappa shape index (κ1) is 13.0. The van der Waals surface area contributed by atoms with Crippen molar-refractivity contribution in [2.75, 3.05) is 0 Å². The molecule has 2 nitrogen and oxygen atoms in total. The summed E-state index contributed by atoms with van der Waals surface area (Å²) in [4.78, 5) is 0. The molecule has 104 valence electrons. The number of hydrogen-bond donors (Lipinski definition) is 1. The molecule has 2 aliphatic rings. The summed E-state index contributed by atoms with van der Waals surface area (Å²) >= 11 is 0. The maximum absolute atomic E-state index is 6.33. The van der Waals surface area contributed by atoms with Crippen molar-refractivity contribution in [3.8, 4) is 5.75 Å². The van der Waals surface area contributed by atoms with Gasteiger partial charge in [0.05, 0.1) is 0 Å². The Balaban J connectivity index is 1.63. The predicted molar refractivity (Wildman–Crippen MR) is 78.5 cm³/mol. The fraction of sp³-hybridized carbons (Fsp3) is 0.647. The minimum Gasteiger partial charge on any atom is -0.490 e. The van der Waals surface area contributed by atoms with E-state index in [0.29, 0.717) is 18.1 Å². The van der Waals surface area contributed by atoms with Gasteiger partial charge in [0.15, 0.2) is 0 Å². The zero-order valence-electron chi connectivity index (χ0n) is 11.9. The third-order valence-corrected chi connectivity index (χ3v) is 4.74. The van der Waals surface area contributed by atoms with Crippen molar-refractivity contribution >= 4 is 0 Å². The van der Waals surface area contributed by atoms with Gasteiger partial charge in [0.2, 0.25) is 0 Å². The highest BCUT2D eigenvalue weighted by Crippen LogP contribution is 2.34. The van der Waals surface area contributed by atoms with E-state index in [1.54, 1.807) is 0 Å². The third-order valence-electron chi connectivity index (χ3n) is 4.74. The fourth-order valence-electron chi connectivity index (χ4n) is 3.62. The number of aryl methyl sites for hydroxylation is 1. The molecule has 1 aliphatic heterocycles. The molecule has 3 rings (SSSR count). The monoisotopic (exact) mass is 259 g/mol. The Morgan fingerprint density at radius 3 is 2.95 bits per heavy atom. The van der Waals surface area contributed by atoms with Crippen molar-refractivity contribution in [3.63, 3.8) is 0 Å². The Morgan fingerprint density at radius 2 is 2.05 bits per heavy atom. The molecule has 2 heteroatoms. The smallest absolute Gasteiger partial charge is 0.123 e. The molecule has 0 amide bonds. The first-order valence-electron chi connectivity index (χ1n) is 7.74. The summed E-state index contributed by atoms with van der Waals surface area (Å²) in [5, 5.41) is 0. The van der Waals surface area contributed by atoms with E-state index in [1.165, 1.54) is 43.2 Å². The van der Waals surface area contributed by atoms with Gasteiger partial charge < -0.3 is 10.5 Å². The highest BCUT2D eigenvalue weighted by atomic mass is 16.5. The van der Waals surface area contributed by atoms with Crippen molar-refractivity contribution in [1.82, 2.24) is 0 Å². The lowest BCUT2D eigenvalue weighted by atomic mass is 9.88. The van der Waals surface area contributed by atoms with Gasteiger partial charge in [-0.25, -0.2) is 0 Å². The Hall–Kier alpha value is -1.02. The molecule has 0 spiro atoms. The van der Waals surface area contributed by atoms with Gasteiger partial charge >= 0.3 is 0 Å². The van der Waals surface area contributed by atoms with Gasteiger partial charge in [0.25, 0.3) is 0 Å². The summed E-state index contributed by atoms with van der Waals surface area (Å²) in [6.45, 7) is 2.15. The van der Waals surface area contributed by atoms with Crippen LogP contribution in [0.3, 0.4) is 0 Å². The molecule has 0 aromatic heterocycles. The normalized spacial score (nSPS) is 30.5. The van der Waals surface area contributed by atoms with Crippen molar-refractivity contribution in [2.24, 2.45) is 11.7 Å². The number of nitrogens with two attached hydrogens (primary N) is 1. The Morgan fingerprint density at radius 1 is 1.21 bits per heavy atom. The quantitative estimate of drug-likeness (QED) is 0.824. The number of benzene rings is 1. The molecule has 1 aromatic carbocycles. The minimum atomic E-state index is 0.353. The third kappa shape index (κ3) is 2.94. The molecule has 0 bridgehead atoms. The van der Waals surface area contributed by atoms with E-state index in [0.717, 1.165) is 18.6 Å². The van der Waals surface area contributed by atoms with Gasteiger partial charge in [-0.1, -0.05) is 37.0 Å². The van der Waals surface area contributed by atoms with Crippen LogP contribution in [0, 0.1) is 12.8 Å². The zero-order chi connectivity index (χ0) is 13.2. The van der Waals surface area contributed by atoms with E-state index < -0.39 is 0 Å². The van der Waals surface area contributed by atoms with Crippen molar-refractivity contribution in [2.45, 2.75) is 64.0 Å². The standard InChI is InChI=1S/C17H25NO/c1-12-7-8-17-14(9-12)11-15(19-17)10-13-5-3-2-4-6-16(13)18/h7-9,13,15-16H,2-6,10-11,18H2,1H3. The summed E-state index contributed by atoms with van der Waals surface area (Å²) < 4.78 is 6.10. The molecule has 3 atom stereocenters. The number of rotatable bonds is 2. The van der Waals surface area contributed by atoms with Crippen LogP contribution >= 0.6 is 0 Å². The molecule has 19 heavy (non-hydrogen) atoms. The highest BCUT2D eigenvalue weighted by molar-refractivity contribution is 5.40. The summed E-state index contributed by atoms with van der Waals surface area (Å²) in [7, 11) is 0. The minimum absolute atomic E-state index is 0.353. The van der Waals surface area contributed by atoms with Crippen molar-refractivity contribution in [1.29, 1.82) is 0 Å². The molecular formula is C17H25NO. The average Bonchev–Trinajstić information content (AvgIpc) is 2.66. The second kappa shape index (κ2) is 5.54. The first-order chi connectivity index (χ1) is 9.22. The molecule has 2 N–H and O–H groups in total. The van der Waals surface area contributed by atoms with Gasteiger partial charge in [-0.3, -0.25) is 0 Å². The molecule has 0 saturated heterocycles. The SMILES string of the molecule is Cc1ccc2c(c1)CC(CC1CCCCCC1N)O2. The lowest BCUT2D eigenvalue weighted by Gasteiger charge is -2.24. The van der Waals surface area contributed by atoms with Crippen LogP contribution in [0.25, 0.3) is 0 Å². The molecular weight excluding hydrogens is 234 g/mol. The van der Waals surface area contributed by atoms with Crippen LogP contribution in [0.5, 0.6) is 5.75 Å². The average molecular weight is 259 g/mol. The van der Waals surface area contributed by atoms with Crippen LogP contribution in [-0.4, -0.2) is 12.1 Å². The van der Waals surface area contributed by atoms with E-state index in [9.17, 15) is 0 Å². The van der Waals surface area contributed by atoms with Crippen LogP contribution in [-0.2, 0) is 6.42 Å². The van der Waals surface area contributed by atoms with Crippen LogP contribution < -0.4 is 10.5 Å². The second-order valence-electron chi connectivity index (χ2n) is 6.35. The van der Waals surface area contributed by atoms with E-state index in [2.05, 4.69) is 25.1 Å². The Bertz CT molecular complexity index is 443. The van der Waals surface area contributed by atoms with Gasteiger partial charge in [-0.2, -0.15) is 0 Å². The molecule has 0 radical (unpaired) electrons. The van der Waals surface area contributed by atoms with Crippen LogP contribution in [0.4, 0.5) is 0 Å². The van der Waals surface area contributed by atoms with E-state index in [4.69, 9.17) is 10.5 Å². The molecule has 1 heterocycles. The van der Waals surface area contributed by atoms with E-state index >= 15 is 0 Å². The number of fused-ring (bicyclic) bond motifs is 1. The second-order valence-corrected chi connectivity index (χ2v) is 6.35. The summed E-state index contributed by atoms with van der Waals surface area (Å²) in [6, 6.07) is 6.91. The summed E-state index contributed by atoms with van der Waals surface area (Å²) in [6.07, 6.45) is 9.05. The van der Waals surface area contributed by atoms with Crippen molar-refractivity contribution < 1.29 is 4.74 Å². The van der Waals surface area contributed by atoms with Crippen LogP contribution in [0.15, 0.2) is 18.2 Å². The molecule has 3 unspecified atom stereocenters. The Kier molecular flexibility index (Phi) is 3.79. The van der Waals surface area contributed by atoms with E-state index in [1.807, 2.05) is 0 Å². The summed E-state index contributed by atoms with van der Waals surface area (Å²) in [5.74, 6) is 1.75. The van der Waals surface area contributed by atoms with Gasteiger partial charge in [-0.05, 0) is 43.7 Å². The maximum atomic E-state index is 6.33. The number of ether oxygens (including phenoxy) is 1. The molecule has 1 aliphatic carbocycles. The van der Waals surface area contributed by atoms with Crippen molar-refractivity contribution in [3.05, 3.63) is 29.3 Å². The zero-order valence-corrected chi connectivity index (χ0v) is 11.9. The van der Waals surface area contributed by atoms with E-state index in [-0.39, 0.29) is 0 Å². The van der Waals surface area contributed by atoms with Crippen LogP contribution in [0.2, 0.25) is 0 Å². The van der Waals surface area contributed by atoms with Crippen LogP contribution in [0.1, 0.15) is 49.7 Å². The lowest BCUT2D eigenvalue weighted by Crippen LogP contribution is -2.32. The van der Waals surface area contributed by atoms with Gasteiger partial charge in [0.1, 0.15) is 11.9 Å². The predicted octanol–water partition coefficient (Wildman–Crippen LogP) is 3.60. The largest absolute Gasteiger partial charge is 0.490 e. The lowest BCUT2D eigenvalue weighted by molar-refractivity contribution is 0.179. The summed E-state index contributed by atoms with van der Waals surface area (Å²) in [5.41, 5.74) is 9.04. The number of hydrogen-bond acceptors (Lipinski definition) is 2. The maximum Gasteiger partial charge on any atom is 0.123 e. The topological polar surface area (TPSA) is 35.2 Å².